The van der Waals surface area contributed by atoms with Gasteiger partial charge in [-0.3, -0.25) is 0 Å². The van der Waals surface area contributed by atoms with E-state index in [2.05, 4.69) is 26.1 Å². The van der Waals surface area contributed by atoms with Crippen molar-refractivity contribution in [2.75, 3.05) is 0 Å². The minimum Gasteiger partial charge on any atom is -0.385 e. The largest absolute Gasteiger partial charge is 0.385 e. The quantitative estimate of drug-likeness (QED) is 0.624. The molecule has 0 saturated heterocycles. The van der Waals surface area contributed by atoms with E-state index < -0.39 is 0 Å². The second-order valence-corrected chi connectivity index (χ2v) is 5.05. The molecule has 68 valence electrons. The predicted octanol–water partition coefficient (Wildman–Crippen LogP) is 1.73. The molecule has 0 aliphatic heterocycles. The second-order valence-electron chi connectivity index (χ2n) is 2.73. The van der Waals surface area contributed by atoms with Crippen molar-refractivity contribution in [1.82, 2.24) is 0 Å². The Balaban J connectivity index is 0. The van der Waals surface area contributed by atoms with Crippen LogP contribution in [0.15, 0.2) is 0 Å². The van der Waals surface area contributed by atoms with Gasteiger partial charge in [-0.1, -0.05) is 51.7 Å². The highest BCUT2D eigenvalue weighted by molar-refractivity contribution is 8.23. The number of thioether (sulfide) groups is 1. The summed E-state index contributed by atoms with van der Waals surface area (Å²) in [6.07, 6.45) is 0. The first-order chi connectivity index (χ1) is 4.86. The van der Waals surface area contributed by atoms with E-state index in [0.29, 0.717) is 15.6 Å². The first-order valence-electron chi connectivity index (χ1n) is 3.58. The lowest BCUT2D eigenvalue weighted by atomic mass is 10.5. The first-order valence-corrected chi connectivity index (χ1v) is 4.86. The summed E-state index contributed by atoms with van der Waals surface area (Å²) in [5, 5.41) is 0.525. The van der Waals surface area contributed by atoms with E-state index >= 15 is 0 Å². The monoisotopic (exact) mass is 194 g/mol. The van der Waals surface area contributed by atoms with Gasteiger partial charge in [0.2, 0.25) is 0 Å². The van der Waals surface area contributed by atoms with E-state index in [-0.39, 0.29) is 0 Å². The zero-order chi connectivity index (χ0) is 9.44. The molecular formula is C7H18N2S2. The third-order valence-electron chi connectivity index (χ3n) is 0.352. The molecule has 0 rings (SSSR count). The summed E-state index contributed by atoms with van der Waals surface area (Å²) in [5.74, 6) is 0. The molecule has 0 unspecified atom stereocenters. The normalized spacial score (nSPS) is 9.36. The maximum Gasteiger partial charge on any atom is 0.131 e. The number of nitrogens with two attached hydrogens (primary N) is 2. The van der Waals surface area contributed by atoms with Gasteiger partial charge in [-0.2, -0.15) is 0 Å². The van der Waals surface area contributed by atoms with Crippen molar-refractivity contribution in [2.24, 2.45) is 11.5 Å². The first kappa shape index (κ1) is 13.8. The summed E-state index contributed by atoms with van der Waals surface area (Å²) in [7, 11) is 0. The molecule has 2 nitrogen and oxygen atoms in total. The number of hydrogen-bond donors (Lipinski definition) is 2. The molecule has 0 atom stereocenters. The number of rotatable bonds is 1. The van der Waals surface area contributed by atoms with E-state index in [1.165, 1.54) is 11.8 Å². The number of hydrogen-bond acceptors (Lipinski definition) is 3. The molecule has 0 aromatic heterocycles. The Hall–Kier alpha value is 0.200. The maximum absolute atomic E-state index is 5.19. The van der Waals surface area contributed by atoms with Crippen LogP contribution >= 0.6 is 24.0 Å². The van der Waals surface area contributed by atoms with Crippen molar-refractivity contribution < 1.29 is 0 Å². The van der Waals surface area contributed by atoms with Crippen LogP contribution in [0.25, 0.3) is 0 Å². The molecule has 0 saturated carbocycles. The summed E-state index contributed by atoms with van der Waals surface area (Å²) in [4.78, 5) is 0. The smallest absolute Gasteiger partial charge is 0.131 e. The molecule has 11 heavy (non-hydrogen) atoms. The van der Waals surface area contributed by atoms with Crippen LogP contribution < -0.4 is 11.5 Å². The van der Waals surface area contributed by atoms with E-state index in [4.69, 9.17) is 11.5 Å². The fourth-order valence-corrected chi connectivity index (χ4v) is 1.27. The molecule has 0 spiro atoms. The van der Waals surface area contributed by atoms with Gasteiger partial charge < -0.3 is 11.5 Å². The van der Waals surface area contributed by atoms with Crippen LogP contribution in [0.4, 0.5) is 0 Å². The van der Waals surface area contributed by atoms with Crippen LogP contribution in [0.1, 0.15) is 27.7 Å². The van der Waals surface area contributed by atoms with Crippen molar-refractivity contribution >= 4 is 28.3 Å². The topological polar surface area (TPSA) is 52.0 Å². The molecule has 0 amide bonds. The molecule has 0 aliphatic carbocycles. The minimum absolute atomic E-state index is 0.333. The summed E-state index contributed by atoms with van der Waals surface area (Å²) in [6.45, 7) is 8.01. The Labute approximate surface area is 79.1 Å². The summed E-state index contributed by atoms with van der Waals surface area (Å²) in [5.41, 5.74) is 10.3. The van der Waals surface area contributed by atoms with E-state index in [1.54, 1.807) is 0 Å². The molecule has 0 aromatic carbocycles. The molecule has 0 radical (unpaired) electrons. The fourth-order valence-electron chi connectivity index (χ4n) is 0.232. The molecule has 0 heterocycles. The van der Waals surface area contributed by atoms with Gasteiger partial charge in [-0.05, 0) is 6.04 Å². The van der Waals surface area contributed by atoms with Crippen molar-refractivity contribution in [3.8, 4) is 0 Å². The van der Waals surface area contributed by atoms with Crippen molar-refractivity contribution in [1.29, 1.82) is 0 Å². The number of thiocarbonyl (C=S) groups is 1. The fraction of sp³-hybridized carbons (Fsp3) is 0.857. The average molecular weight is 194 g/mol. The molecule has 4 heteroatoms. The van der Waals surface area contributed by atoms with E-state index in [1.807, 2.05) is 13.8 Å². The zero-order valence-electron chi connectivity index (χ0n) is 7.63. The highest BCUT2D eigenvalue weighted by atomic mass is 32.2. The lowest BCUT2D eigenvalue weighted by Gasteiger charge is -1.97. The van der Waals surface area contributed by atoms with Gasteiger partial charge >= 0.3 is 0 Å². The maximum atomic E-state index is 5.19. The Morgan fingerprint density at radius 1 is 1.27 bits per heavy atom. The van der Waals surface area contributed by atoms with Crippen LogP contribution in [0.2, 0.25) is 0 Å². The molecular weight excluding hydrogens is 176 g/mol. The second kappa shape index (κ2) is 8.30. The Morgan fingerprint density at radius 2 is 1.55 bits per heavy atom. The summed E-state index contributed by atoms with van der Waals surface area (Å²) < 4.78 is 0.537. The summed E-state index contributed by atoms with van der Waals surface area (Å²) >= 11 is 6.13. The van der Waals surface area contributed by atoms with Gasteiger partial charge in [0.15, 0.2) is 0 Å². The highest BCUT2D eigenvalue weighted by Crippen LogP contribution is 2.07. The van der Waals surface area contributed by atoms with E-state index in [0.717, 1.165) is 0 Å². The SMILES string of the molecule is CC(C)N.CC(C)SC(N)=S. The lowest BCUT2D eigenvalue weighted by molar-refractivity contribution is 0.834. The average Bonchev–Trinajstić information content (AvgIpc) is 1.56. The van der Waals surface area contributed by atoms with Gasteiger partial charge in [0.05, 0.1) is 0 Å². The third kappa shape index (κ3) is 38.9. The van der Waals surface area contributed by atoms with Crippen LogP contribution in [0.5, 0.6) is 0 Å². The van der Waals surface area contributed by atoms with Crippen molar-refractivity contribution in [3.63, 3.8) is 0 Å². The Kier molecular flexibility index (Phi) is 10.4. The molecule has 0 aliphatic rings. The molecule has 0 bridgehead atoms. The standard InChI is InChI=1S/C4H9NS2.C3H9N/c1-3(2)7-4(5)6;1-3(2)4/h3H,1-2H3,(H2,5,6);3H,4H2,1-2H3. The third-order valence-corrected chi connectivity index (χ3v) is 1.34. The van der Waals surface area contributed by atoms with Crippen molar-refractivity contribution in [2.45, 2.75) is 39.0 Å². The lowest BCUT2D eigenvalue weighted by Crippen LogP contribution is -2.06. The van der Waals surface area contributed by atoms with Gasteiger partial charge in [-0.15, -0.1) is 0 Å². The summed E-state index contributed by atoms with van der Waals surface area (Å²) in [6, 6.07) is 0.333. The molecule has 4 N–H and O–H groups in total. The molecule has 0 fully saturated rings. The highest BCUT2D eigenvalue weighted by Gasteiger charge is 1.92. The van der Waals surface area contributed by atoms with Gasteiger partial charge in [0.1, 0.15) is 4.32 Å². The zero-order valence-corrected chi connectivity index (χ0v) is 9.26. The van der Waals surface area contributed by atoms with Gasteiger partial charge in [0.25, 0.3) is 0 Å². The minimum atomic E-state index is 0.333. The Morgan fingerprint density at radius 3 is 1.55 bits per heavy atom. The van der Waals surface area contributed by atoms with E-state index in [9.17, 15) is 0 Å². The Bertz CT molecular complexity index is 99.9. The van der Waals surface area contributed by atoms with Crippen LogP contribution in [-0.2, 0) is 0 Å². The van der Waals surface area contributed by atoms with Gasteiger partial charge in [0, 0.05) is 5.25 Å². The predicted molar refractivity (Wildman–Crippen MR) is 58.8 cm³/mol. The molecule has 0 aromatic rings. The van der Waals surface area contributed by atoms with Crippen LogP contribution in [0.3, 0.4) is 0 Å². The van der Waals surface area contributed by atoms with Crippen molar-refractivity contribution in [3.05, 3.63) is 0 Å². The van der Waals surface area contributed by atoms with Crippen LogP contribution in [0, 0.1) is 0 Å². The van der Waals surface area contributed by atoms with Crippen LogP contribution in [-0.4, -0.2) is 15.6 Å². The van der Waals surface area contributed by atoms with Gasteiger partial charge in [-0.25, -0.2) is 0 Å².